The van der Waals surface area contributed by atoms with Crippen molar-refractivity contribution in [3.63, 3.8) is 0 Å². The number of carboxylic acids is 1. The Bertz CT molecular complexity index is 558. The maximum Gasteiger partial charge on any atom is 0.352 e. The van der Waals surface area contributed by atoms with Crippen LogP contribution in [0.4, 0.5) is 0 Å². The molecule has 1 aliphatic heterocycles. The number of nitrogens with two attached hydrogens (primary N) is 1. The van der Waals surface area contributed by atoms with Gasteiger partial charge < -0.3 is 25.2 Å². The average Bonchev–Trinajstić information content (AvgIpc) is 2.92. The van der Waals surface area contributed by atoms with Crippen LogP contribution in [0.15, 0.2) is 23.4 Å². The lowest BCUT2D eigenvalue weighted by Gasteiger charge is -2.18. The fourth-order valence-electron chi connectivity index (χ4n) is 1.97. The van der Waals surface area contributed by atoms with Gasteiger partial charge in [0.1, 0.15) is 11.5 Å². The topological polar surface area (TPSA) is 103 Å². The molecular formula is C13H16N2O5. The molecule has 108 valence electrons. The maximum atomic E-state index is 11.3. The van der Waals surface area contributed by atoms with Gasteiger partial charge in [0.25, 0.3) is 5.60 Å². The Morgan fingerprint density at radius 3 is 2.75 bits per heavy atom. The molecule has 1 atom stereocenters. The van der Waals surface area contributed by atoms with Crippen LogP contribution in [0.2, 0.25) is 0 Å². The molecule has 0 saturated carbocycles. The third kappa shape index (κ3) is 2.27. The van der Waals surface area contributed by atoms with Gasteiger partial charge in [-0.15, -0.1) is 0 Å². The molecule has 0 aliphatic carbocycles. The molecule has 0 saturated heterocycles. The Labute approximate surface area is 115 Å². The molecule has 20 heavy (non-hydrogen) atoms. The summed E-state index contributed by atoms with van der Waals surface area (Å²) in [6.45, 7) is -0.165. The Morgan fingerprint density at radius 2 is 2.25 bits per heavy atom. The van der Waals surface area contributed by atoms with Crippen LogP contribution in [0.1, 0.15) is 12.0 Å². The lowest BCUT2D eigenvalue weighted by atomic mass is 9.94. The van der Waals surface area contributed by atoms with E-state index in [1.165, 1.54) is 7.11 Å². The number of carbonyl (C=O) groups is 1. The predicted octanol–water partition coefficient (Wildman–Crippen LogP) is 0.610. The highest BCUT2D eigenvalue weighted by atomic mass is 16.7. The normalized spacial score (nSPS) is 21.1. The molecule has 1 aromatic rings. The fraction of sp³-hybridized carbons (Fsp3) is 0.385. The second kappa shape index (κ2) is 5.38. The van der Waals surface area contributed by atoms with E-state index in [4.69, 9.17) is 20.0 Å². The molecular weight excluding hydrogens is 264 g/mol. The van der Waals surface area contributed by atoms with Crippen molar-refractivity contribution in [3.05, 3.63) is 23.8 Å². The Kier molecular flexibility index (Phi) is 3.80. The maximum absolute atomic E-state index is 11.3. The summed E-state index contributed by atoms with van der Waals surface area (Å²) in [5.41, 5.74) is 5.09. The number of aliphatic carboxylic acids is 1. The molecule has 1 aromatic carbocycles. The van der Waals surface area contributed by atoms with E-state index in [9.17, 15) is 9.90 Å². The number of oxime groups is 1. The van der Waals surface area contributed by atoms with Crippen molar-refractivity contribution in [2.75, 3.05) is 20.8 Å². The number of benzene rings is 1. The molecule has 0 bridgehead atoms. The zero-order valence-corrected chi connectivity index (χ0v) is 11.3. The van der Waals surface area contributed by atoms with Gasteiger partial charge in [0.05, 0.1) is 19.9 Å². The van der Waals surface area contributed by atoms with Gasteiger partial charge in [-0.1, -0.05) is 5.16 Å². The first kappa shape index (κ1) is 14.1. The highest BCUT2D eigenvalue weighted by molar-refractivity contribution is 6.06. The molecule has 1 unspecified atom stereocenters. The summed E-state index contributed by atoms with van der Waals surface area (Å²) in [5, 5.41) is 13.1. The summed E-state index contributed by atoms with van der Waals surface area (Å²) in [7, 11) is 3.06. The summed E-state index contributed by atoms with van der Waals surface area (Å²) in [6.07, 6.45) is 0.0718. The van der Waals surface area contributed by atoms with Crippen molar-refractivity contribution < 1.29 is 24.2 Å². The minimum atomic E-state index is -1.51. The van der Waals surface area contributed by atoms with Crippen LogP contribution in [0.5, 0.6) is 11.5 Å². The molecule has 3 N–H and O–H groups in total. The number of hydrogen-bond donors (Lipinski definition) is 2. The second-order valence-corrected chi connectivity index (χ2v) is 4.38. The third-order valence-corrected chi connectivity index (χ3v) is 3.22. The molecule has 7 heteroatoms. The van der Waals surface area contributed by atoms with E-state index in [1.807, 2.05) is 0 Å². The zero-order chi connectivity index (χ0) is 14.8. The van der Waals surface area contributed by atoms with E-state index in [0.717, 1.165) is 0 Å². The minimum absolute atomic E-state index is 0.0718. The van der Waals surface area contributed by atoms with Crippen LogP contribution in [0.3, 0.4) is 0 Å². The largest absolute Gasteiger partial charge is 0.497 e. The quantitative estimate of drug-likeness (QED) is 0.819. The molecule has 2 rings (SSSR count). The van der Waals surface area contributed by atoms with Crippen LogP contribution in [-0.2, 0) is 9.63 Å². The summed E-state index contributed by atoms with van der Waals surface area (Å²) in [5.74, 6) is 0.0380. The Hall–Kier alpha value is -2.28. The van der Waals surface area contributed by atoms with E-state index in [-0.39, 0.29) is 13.0 Å². The van der Waals surface area contributed by atoms with Gasteiger partial charge in [-0.25, -0.2) is 4.79 Å². The summed E-state index contributed by atoms with van der Waals surface area (Å²) in [4.78, 5) is 16.3. The van der Waals surface area contributed by atoms with Crippen molar-refractivity contribution in [1.82, 2.24) is 0 Å². The Balaban J connectivity index is 2.36. The first-order valence-electron chi connectivity index (χ1n) is 5.97. The standard InChI is InChI=1S/C13H16N2O5/c1-18-8-3-4-11(19-2)9(5-8)10-6-13(7-14,12(16)17)20-15-10/h3-5H,6-7,14H2,1-2H3,(H,16,17). The van der Waals surface area contributed by atoms with Crippen molar-refractivity contribution >= 4 is 11.7 Å². The van der Waals surface area contributed by atoms with E-state index in [0.29, 0.717) is 22.8 Å². The molecule has 0 amide bonds. The number of carboxylic acid groups (broad SMARTS) is 1. The molecule has 7 nitrogen and oxygen atoms in total. The van der Waals surface area contributed by atoms with E-state index >= 15 is 0 Å². The van der Waals surface area contributed by atoms with Crippen LogP contribution in [-0.4, -0.2) is 43.2 Å². The molecule has 1 aliphatic rings. The SMILES string of the molecule is COc1ccc(OC)c(C2=NOC(CN)(C(=O)O)C2)c1. The van der Waals surface area contributed by atoms with Crippen molar-refractivity contribution in [2.45, 2.75) is 12.0 Å². The average molecular weight is 280 g/mol. The summed E-state index contributed by atoms with van der Waals surface area (Å²) in [6, 6.07) is 5.18. The molecule has 0 radical (unpaired) electrons. The number of nitrogens with zero attached hydrogens (tertiary/aromatic N) is 1. The van der Waals surface area contributed by atoms with Crippen LogP contribution < -0.4 is 15.2 Å². The van der Waals surface area contributed by atoms with Gasteiger partial charge in [-0.3, -0.25) is 0 Å². The third-order valence-electron chi connectivity index (χ3n) is 3.22. The molecule has 0 spiro atoms. The lowest BCUT2D eigenvalue weighted by molar-refractivity contribution is -0.161. The monoisotopic (exact) mass is 280 g/mol. The Morgan fingerprint density at radius 1 is 1.50 bits per heavy atom. The first-order valence-corrected chi connectivity index (χ1v) is 5.97. The molecule has 0 fully saturated rings. The number of hydrogen-bond acceptors (Lipinski definition) is 6. The first-order chi connectivity index (χ1) is 9.56. The van der Waals surface area contributed by atoms with E-state index < -0.39 is 11.6 Å². The van der Waals surface area contributed by atoms with Crippen molar-refractivity contribution in [2.24, 2.45) is 10.9 Å². The number of methoxy groups -OCH3 is 2. The summed E-state index contributed by atoms with van der Waals surface area (Å²) < 4.78 is 10.4. The minimum Gasteiger partial charge on any atom is -0.497 e. The van der Waals surface area contributed by atoms with Gasteiger partial charge in [0.2, 0.25) is 0 Å². The van der Waals surface area contributed by atoms with Gasteiger partial charge in [0.15, 0.2) is 0 Å². The second-order valence-electron chi connectivity index (χ2n) is 4.38. The van der Waals surface area contributed by atoms with Crippen molar-refractivity contribution in [1.29, 1.82) is 0 Å². The smallest absolute Gasteiger partial charge is 0.352 e. The number of rotatable bonds is 5. The molecule has 0 aromatic heterocycles. The van der Waals surface area contributed by atoms with Crippen LogP contribution in [0.25, 0.3) is 0 Å². The van der Waals surface area contributed by atoms with Gasteiger partial charge >= 0.3 is 5.97 Å². The zero-order valence-electron chi connectivity index (χ0n) is 11.3. The molecule has 1 heterocycles. The summed E-state index contributed by atoms with van der Waals surface area (Å²) >= 11 is 0. The van der Waals surface area contributed by atoms with Gasteiger partial charge in [-0.05, 0) is 18.2 Å². The van der Waals surface area contributed by atoms with E-state index in [2.05, 4.69) is 5.16 Å². The van der Waals surface area contributed by atoms with Gasteiger partial charge in [0, 0.05) is 18.5 Å². The van der Waals surface area contributed by atoms with Crippen molar-refractivity contribution in [3.8, 4) is 11.5 Å². The highest BCUT2D eigenvalue weighted by Crippen LogP contribution is 2.32. The lowest BCUT2D eigenvalue weighted by Crippen LogP contribution is -2.45. The van der Waals surface area contributed by atoms with Gasteiger partial charge in [-0.2, -0.15) is 0 Å². The fourth-order valence-corrected chi connectivity index (χ4v) is 1.97. The van der Waals surface area contributed by atoms with Crippen LogP contribution in [0, 0.1) is 0 Å². The highest BCUT2D eigenvalue weighted by Gasteiger charge is 2.46. The number of ether oxygens (including phenoxy) is 2. The predicted molar refractivity (Wildman–Crippen MR) is 71.2 cm³/mol. The van der Waals surface area contributed by atoms with E-state index in [1.54, 1.807) is 25.3 Å². The van der Waals surface area contributed by atoms with Crippen LogP contribution >= 0.6 is 0 Å².